The number of benzene rings is 1. The van der Waals surface area contributed by atoms with Gasteiger partial charge in [0.25, 0.3) is 11.7 Å². The summed E-state index contributed by atoms with van der Waals surface area (Å²) in [4.78, 5) is 37.7. The Balaban J connectivity index is 2.00. The Bertz CT molecular complexity index is 604. The lowest BCUT2D eigenvalue weighted by molar-refractivity contribution is -0.151. The predicted octanol–water partition coefficient (Wildman–Crippen LogP) is 1.49. The lowest BCUT2D eigenvalue weighted by Gasteiger charge is -2.20. The van der Waals surface area contributed by atoms with Crippen molar-refractivity contribution >= 4 is 17.7 Å². The minimum absolute atomic E-state index is 0.237. The highest BCUT2D eigenvalue weighted by Crippen LogP contribution is 2.15. The molecule has 1 aliphatic rings. The Morgan fingerprint density at radius 3 is 2.21 bits per heavy atom. The zero-order valence-corrected chi connectivity index (χ0v) is 14.2. The summed E-state index contributed by atoms with van der Waals surface area (Å²) in [5.41, 5.74) is 6.62. The molecule has 1 aromatic rings. The number of amides is 1. The fourth-order valence-corrected chi connectivity index (χ4v) is 2.70. The van der Waals surface area contributed by atoms with Gasteiger partial charge in [-0.2, -0.15) is 0 Å². The molecule has 1 saturated heterocycles. The summed E-state index contributed by atoms with van der Waals surface area (Å²) in [5.74, 6) is -2.22. The molecule has 6 nitrogen and oxygen atoms in total. The average Bonchev–Trinajstić information content (AvgIpc) is 3.06. The largest absolute Gasteiger partial charge is 0.445 e. The molecule has 130 valence electrons. The molecule has 24 heavy (non-hydrogen) atoms. The number of ether oxygens (including phenoxy) is 1. The highest BCUT2D eigenvalue weighted by Gasteiger charge is 2.28. The topological polar surface area (TPSA) is 89.7 Å². The van der Waals surface area contributed by atoms with Crippen molar-refractivity contribution in [1.29, 1.82) is 0 Å². The van der Waals surface area contributed by atoms with Gasteiger partial charge in [-0.1, -0.05) is 38.1 Å². The number of hydrogen-bond acceptors (Lipinski definition) is 5. The fraction of sp³-hybridized carbons (Fsp3) is 0.500. The van der Waals surface area contributed by atoms with Crippen LogP contribution in [-0.2, 0) is 14.3 Å². The molecule has 0 aliphatic carbocycles. The average molecular weight is 332 g/mol. The Morgan fingerprint density at radius 1 is 1.12 bits per heavy atom. The summed E-state index contributed by atoms with van der Waals surface area (Å²) < 4.78 is 5.06. The van der Waals surface area contributed by atoms with Crippen LogP contribution in [0.3, 0.4) is 0 Å². The summed E-state index contributed by atoms with van der Waals surface area (Å²) in [6.45, 7) is 6.00. The summed E-state index contributed by atoms with van der Waals surface area (Å²) >= 11 is 0. The molecule has 2 N–H and O–H groups in total. The highest BCUT2D eigenvalue weighted by molar-refractivity contribution is 6.40. The zero-order chi connectivity index (χ0) is 17.7. The maximum absolute atomic E-state index is 12.2. The number of esters is 1. The molecular weight excluding hydrogens is 308 g/mol. The van der Waals surface area contributed by atoms with Gasteiger partial charge in [0.05, 0.1) is 0 Å². The van der Waals surface area contributed by atoms with Crippen molar-refractivity contribution in [3.8, 4) is 0 Å². The van der Waals surface area contributed by atoms with Crippen LogP contribution in [0.25, 0.3) is 0 Å². The third-order valence-corrected chi connectivity index (χ3v) is 4.21. The Kier molecular flexibility index (Phi) is 6.09. The minimum atomic E-state index is -1.10. The van der Waals surface area contributed by atoms with Crippen molar-refractivity contribution in [2.24, 2.45) is 5.73 Å². The monoisotopic (exact) mass is 332 g/mol. The molecule has 0 radical (unpaired) electrons. The van der Waals surface area contributed by atoms with E-state index in [1.165, 1.54) is 0 Å². The van der Waals surface area contributed by atoms with Crippen molar-refractivity contribution in [3.05, 3.63) is 35.4 Å². The van der Waals surface area contributed by atoms with Crippen LogP contribution in [-0.4, -0.2) is 48.3 Å². The minimum Gasteiger partial charge on any atom is -0.445 e. The standard InChI is InChI=1S/C18H24N2O4/c1-12(2)13-5-7-14(8-6-13)16(21)18(23)24-15(17(19)22)11-20-9-3-4-10-20/h5-8,12,15H,3-4,9-11H2,1-2H3,(H2,19,22)/t15-/m1/s1. The third-order valence-electron chi connectivity index (χ3n) is 4.21. The molecule has 0 unspecified atom stereocenters. The molecule has 0 spiro atoms. The highest BCUT2D eigenvalue weighted by atomic mass is 16.6. The van der Waals surface area contributed by atoms with Gasteiger partial charge >= 0.3 is 5.97 Å². The van der Waals surface area contributed by atoms with Gasteiger partial charge in [-0.05, 0) is 37.4 Å². The van der Waals surface area contributed by atoms with E-state index < -0.39 is 23.8 Å². The lowest BCUT2D eigenvalue weighted by Crippen LogP contribution is -2.43. The van der Waals surface area contributed by atoms with Crippen molar-refractivity contribution in [3.63, 3.8) is 0 Å². The molecule has 2 rings (SSSR count). The van der Waals surface area contributed by atoms with E-state index in [0.29, 0.717) is 5.92 Å². The van der Waals surface area contributed by atoms with Crippen LogP contribution < -0.4 is 5.73 Å². The molecule has 0 aromatic heterocycles. The summed E-state index contributed by atoms with van der Waals surface area (Å²) in [5, 5.41) is 0. The van der Waals surface area contributed by atoms with Crippen molar-refractivity contribution in [2.45, 2.75) is 38.7 Å². The van der Waals surface area contributed by atoms with Crippen LogP contribution >= 0.6 is 0 Å². The molecule has 1 amide bonds. The molecule has 1 atom stereocenters. The molecule has 1 aromatic carbocycles. The number of carbonyl (C=O) groups is 3. The second kappa shape index (κ2) is 8.06. The van der Waals surface area contributed by atoms with Gasteiger partial charge in [-0.3, -0.25) is 14.5 Å². The molecule has 1 aliphatic heterocycles. The summed E-state index contributed by atoms with van der Waals surface area (Å²) in [6.07, 6.45) is 0.982. The number of hydrogen-bond donors (Lipinski definition) is 1. The van der Waals surface area contributed by atoms with Crippen LogP contribution in [0, 0.1) is 0 Å². The molecule has 6 heteroatoms. The second-order valence-electron chi connectivity index (χ2n) is 6.41. The third kappa shape index (κ3) is 4.64. The van der Waals surface area contributed by atoms with E-state index in [-0.39, 0.29) is 12.1 Å². The molecular formula is C18H24N2O4. The Labute approximate surface area is 142 Å². The zero-order valence-electron chi connectivity index (χ0n) is 14.2. The van der Waals surface area contributed by atoms with E-state index in [4.69, 9.17) is 10.5 Å². The summed E-state index contributed by atoms with van der Waals surface area (Å²) in [6, 6.07) is 6.80. The smallest absolute Gasteiger partial charge is 0.380 e. The maximum atomic E-state index is 12.2. The lowest BCUT2D eigenvalue weighted by atomic mass is 10.0. The first kappa shape index (κ1) is 18.1. The first-order valence-corrected chi connectivity index (χ1v) is 8.25. The predicted molar refractivity (Wildman–Crippen MR) is 89.6 cm³/mol. The van der Waals surface area contributed by atoms with Crippen LogP contribution in [0.5, 0.6) is 0 Å². The van der Waals surface area contributed by atoms with E-state index >= 15 is 0 Å². The maximum Gasteiger partial charge on any atom is 0.380 e. The Hall–Kier alpha value is -2.21. The molecule has 0 bridgehead atoms. The Morgan fingerprint density at radius 2 is 1.71 bits per heavy atom. The number of ketones is 1. The number of likely N-dealkylation sites (tertiary alicyclic amines) is 1. The van der Waals surface area contributed by atoms with Gasteiger partial charge < -0.3 is 10.5 Å². The van der Waals surface area contributed by atoms with Gasteiger partial charge in [0.2, 0.25) is 0 Å². The summed E-state index contributed by atoms with van der Waals surface area (Å²) in [7, 11) is 0. The number of carbonyl (C=O) groups excluding carboxylic acids is 3. The van der Waals surface area contributed by atoms with Gasteiger partial charge in [-0.25, -0.2) is 4.79 Å². The van der Waals surface area contributed by atoms with Crippen LogP contribution in [0.1, 0.15) is 48.5 Å². The van der Waals surface area contributed by atoms with E-state index in [1.54, 1.807) is 24.3 Å². The van der Waals surface area contributed by atoms with Crippen molar-refractivity contribution in [1.82, 2.24) is 4.90 Å². The number of rotatable bonds is 7. The quantitative estimate of drug-likeness (QED) is 0.464. The first-order valence-electron chi connectivity index (χ1n) is 8.25. The molecule has 0 saturated carbocycles. The molecule has 1 fully saturated rings. The number of nitrogens with two attached hydrogens (primary N) is 1. The molecule has 1 heterocycles. The second-order valence-corrected chi connectivity index (χ2v) is 6.41. The van der Waals surface area contributed by atoms with E-state index in [1.807, 2.05) is 18.7 Å². The van der Waals surface area contributed by atoms with Gasteiger partial charge in [0.1, 0.15) is 0 Å². The number of nitrogens with zero attached hydrogens (tertiary/aromatic N) is 1. The van der Waals surface area contributed by atoms with E-state index in [2.05, 4.69) is 0 Å². The SMILES string of the molecule is CC(C)c1ccc(C(=O)C(=O)O[C@H](CN2CCCC2)C(N)=O)cc1. The van der Waals surface area contributed by atoms with Crippen LogP contribution in [0.15, 0.2) is 24.3 Å². The van der Waals surface area contributed by atoms with Gasteiger partial charge in [0, 0.05) is 12.1 Å². The van der Waals surface area contributed by atoms with E-state index in [9.17, 15) is 14.4 Å². The first-order chi connectivity index (χ1) is 11.4. The van der Waals surface area contributed by atoms with Crippen LogP contribution in [0.4, 0.5) is 0 Å². The van der Waals surface area contributed by atoms with Crippen molar-refractivity contribution < 1.29 is 19.1 Å². The van der Waals surface area contributed by atoms with Crippen molar-refractivity contribution in [2.75, 3.05) is 19.6 Å². The number of Topliss-reactive ketones (excluding diaryl/α,β-unsaturated/α-hetero) is 1. The normalized spacial score (nSPS) is 16.1. The van der Waals surface area contributed by atoms with E-state index in [0.717, 1.165) is 31.5 Å². The fourth-order valence-electron chi connectivity index (χ4n) is 2.70. The van der Waals surface area contributed by atoms with Gasteiger partial charge in [-0.15, -0.1) is 0 Å². The van der Waals surface area contributed by atoms with Crippen LogP contribution in [0.2, 0.25) is 0 Å². The van der Waals surface area contributed by atoms with Gasteiger partial charge in [0.15, 0.2) is 6.10 Å². The number of primary amides is 1.